The molecule has 1 aromatic carbocycles. The number of aromatic nitrogens is 6. The Labute approximate surface area is 158 Å². The number of rotatable bonds is 4. The van der Waals surface area contributed by atoms with E-state index in [0.717, 1.165) is 0 Å². The van der Waals surface area contributed by atoms with Crippen LogP contribution in [0.3, 0.4) is 0 Å². The van der Waals surface area contributed by atoms with Crippen LogP contribution < -0.4 is 10.1 Å². The van der Waals surface area contributed by atoms with Crippen LogP contribution in [-0.4, -0.2) is 43.2 Å². The normalized spacial score (nSPS) is 10.9. The fourth-order valence-electron chi connectivity index (χ4n) is 2.77. The van der Waals surface area contributed by atoms with Gasteiger partial charge >= 0.3 is 0 Å². The Bertz CT molecular complexity index is 1150. The Hall–Kier alpha value is -3.46. The molecule has 0 saturated heterocycles. The molecular weight excluding hydrogens is 370 g/mol. The van der Waals surface area contributed by atoms with E-state index in [1.54, 1.807) is 43.2 Å². The van der Waals surface area contributed by atoms with Crippen molar-refractivity contribution in [2.75, 3.05) is 12.4 Å². The van der Waals surface area contributed by atoms with E-state index in [-0.39, 0.29) is 5.91 Å². The minimum Gasteiger partial charge on any atom is -0.496 e. The number of amides is 1. The van der Waals surface area contributed by atoms with Crippen molar-refractivity contribution in [3.05, 3.63) is 47.4 Å². The first-order chi connectivity index (χ1) is 13.1. The standard InChI is InChI=1S/C17H14ClN7O2/c1-25-8-13(16(23-25)10-5-9(18)3-4-14(10)27-2)20-17(26)11-6-19-7-12-15(11)22-24-21-12/h3-8H,1-2H3,(H,20,26)(H,21,22,24). The summed E-state index contributed by atoms with van der Waals surface area (Å²) in [5.74, 6) is 0.214. The van der Waals surface area contributed by atoms with Gasteiger partial charge in [-0.1, -0.05) is 11.6 Å². The summed E-state index contributed by atoms with van der Waals surface area (Å²) in [5, 5.41) is 18.3. The third-order valence-electron chi connectivity index (χ3n) is 3.97. The van der Waals surface area contributed by atoms with Crippen LogP contribution in [0.25, 0.3) is 22.3 Å². The van der Waals surface area contributed by atoms with Gasteiger partial charge in [-0.2, -0.15) is 20.5 Å². The van der Waals surface area contributed by atoms with Gasteiger partial charge in [-0.15, -0.1) is 0 Å². The van der Waals surface area contributed by atoms with Crippen molar-refractivity contribution in [2.45, 2.75) is 0 Å². The molecule has 27 heavy (non-hydrogen) atoms. The molecule has 0 fully saturated rings. The van der Waals surface area contributed by atoms with Gasteiger partial charge in [-0.3, -0.25) is 14.5 Å². The van der Waals surface area contributed by atoms with E-state index in [1.165, 1.54) is 12.4 Å². The van der Waals surface area contributed by atoms with Crippen molar-refractivity contribution < 1.29 is 9.53 Å². The lowest BCUT2D eigenvalue weighted by Gasteiger charge is -2.09. The first kappa shape index (κ1) is 17.0. The van der Waals surface area contributed by atoms with Gasteiger partial charge < -0.3 is 10.1 Å². The topological polar surface area (TPSA) is 111 Å². The predicted octanol–water partition coefficient (Wildman–Crippen LogP) is 2.67. The number of aryl methyl sites for hydroxylation is 1. The Morgan fingerprint density at radius 1 is 1.30 bits per heavy atom. The van der Waals surface area contributed by atoms with Crippen LogP contribution in [0, 0.1) is 0 Å². The maximum absolute atomic E-state index is 12.8. The lowest BCUT2D eigenvalue weighted by Crippen LogP contribution is -2.13. The van der Waals surface area contributed by atoms with E-state index < -0.39 is 0 Å². The monoisotopic (exact) mass is 383 g/mol. The first-order valence-electron chi connectivity index (χ1n) is 7.90. The molecule has 0 unspecified atom stereocenters. The summed E-state index contributed by atoms with van der Waals surface area (Å²) in [6.07, 6.45) is 4.67. The fourth-order valence-corrected chi connectivity index (χ4v) is 2.94. The molecule has 10 heteroatoms. The summed E-state index contributed by atoms with van der Waals surface area (Å²) in [5.41, 5.74) is 2.95. The largest absolute Gasteiger partial charge is 0.496 e. The molecule has 0 bridgehead atoms. The molecule has 0 aliphatic heterocycles. The van der Waals surface area contributed by atoms with Crippen LogP contribution in [0.15, 0.2) is 36.8 Å². The zero-order chi connectivity index (χ0) is 19.0. The van der Waals surface area contributed by atoms with E-state index in [1.807, 2.05) is 0 Å². The molecule has 136 valence electrons. The minimum absolute atomic E-state index is 0.300. The number of carbonyl (C=O) groups excluding carboxylic acids is 1. The van der Waals surface area contributed by atoms with E-state index in [0.29, 0.717) is 44.3 Å². The molecule has 3 aromatic heterocycles. The second kappa shape index (κ2) is 6.69. The molecule has 2 N–H and O–H groups in total. The van der Waals surface area contributed by atoms with E-state index in [9.17, 15) is 4.79 Å². The maximum atomic E-state index is 12.8. The number of carbonyl (C=O) groups is 1. The Kier molecular flexibility index (Phi) is 4.21. The number of nitrogens with one attached hydrogen (secondary N) is 2. The van der Waals surface area contributed by atoms with Crippen LogP contribution in [0.5, 0.6) is 5.75 Å². The van der Waals surface area contributed by atoms with Gasteiger partial charge in [0.05, 0.1) is 24.6 Å². The lowest BCUT2D eigenvalue weighted by atomic mass is 10.1. The molecule has 1 amide bonds. The highest BCUT2D eigenvalue weighted by Gasteiger charge is 2.20. The van der Waals surface area contributed by atoms with Crippen molar-refractivity contribution in [1.29, 1.82) is 0 Å². The van der Waals surface area contributed by atoms with E-state index in [4.69, 9.17) is 16.3 Å². The number of methoxy groups -OCH3 is 1. The lowest BCUT2D eigenvalue weighted by molar-refractivity contribution is 0.102. The number of aromatic amines is 1. The van der Waals surface area contributed by atoms with Gasteiger partial charge in [-0.05, 0) is 18.2 Å². The molecule has 9 nitrogen and oxygen atoms in total. The SMILES string of the molecule is COc1ccc(Cl)cc1-c1nn(C)cc1NC(=O)c1cncc2n[nH]nc12. The van der Waals surface area contributed by atoms with Crippen LogP contribution in [0.2, 0.25) is 5.02 Å². The van der Waals surface area contributed by atoms with Gasteiger partial charge in [-0.25, -0.2) is 0 Å². The smallest absolute Gasteiger partial charge is 0.259 e. The number of ether oxygens (including phenoxy) is 1. The number of fused-ring (bicyclic) bond motifs is 1. The fraction of sp³-hybridized carbons (Fsp3) is 0.118. The summed E-state index contributed by atoms with van der Waals surface area (Å²) in [7, 11) is 3.32. The number of benzene rings is 1. The second-order valence-electron chi connectivity index (χ2n) is 5.74. The van der Waals surface area contributed by atoms with Crippen molar-refractivity contribution in [2.24, 2.45) is 7.05 Å². The molecule has 0 spiro atoms. The average Bonchev–Trinajstić information content (AvgIpc) is 3.27. The molecule has 0 aliphatic carbocycles. The predicted molar refractivity (Wildman–Crippen MR) is 99.8 cm³/mol. The number of nitrogens with zero attached hydrogens (tertiary/aromatic N) is 5. The molecular formula is C17H14ClN7O2. The van der Waals surface area contributed by atoms with E-state index in [2.05, 4.69) is 30.8 Å². The average molecular weight is 384 g/mol. The molecule has 0 atom stereocenters. The van der Waals surface area contributed by atoms with Gasteiger partial charge in [0.15, 0.2) is 0 Å². The Morgan fingerprint density at radius 2 is 2.15 bits per heavy atom. The highest BCUT2D eigenvalue weighted by atomic mass is 35.5. The summed E-state index contributed by atoms with van der Waals surface area (Å²) in [6.45, 7) is 0. The van der Waals surface area contributed by atoms with Crippen LogP contribution in [0.4, 0.5) is 5.69 Å². The third-order valence-corrected chi connectivity index (χ3v) is 4.20. The first-order valence-corrected chi connectivity index (χ1v) is 8.28. The number of anilines is 1. The van der Waals surface area contributed by atoms with Crippen molar-refractivity contribution in [3.63, 3.8) is 0 Å². The second-order valence-corrected chi connectivity index (χ2v) is 6.18. The number of hydrogen-bond donors (Lipinski definition) is 2. The Morgan fingerprint density at radius 3 is 2.96 bits per heavy atom. The summed E-state index contributed by atoms with van der Waals surface area (Å²) >= 11 is 6.13. The number of H-pyrrole nitrogens is 1. The van der Waals surface area contributed by atoms with Crippen LogP contribution in [0.1, 0.15) is 10.4 Å². The Balaban J connectivity index is 1.75. The van der Waals surface area contributed by atoms with Crippen molar-refractivity contribution in [1.82, 2.24) is 30.2 Å². The molecule has 4 aromatic rings. The summed E-state index contributed by atoms with van der Waals surface area (Å²) < 4.78 is 7.00. The minimum atomic E-state index is -0.378. The molecule has 4 rings (SSSR count). The summed E-state index contributed by atoms with van der Waals surface area (Å²) in [4.78, 5) is 16.8. The molecule has 3 heterocycles. The zero-order valence-electron chi connectivity index (χ0n) is 14.4. The van der Waals surface area contributed by atoms with Gasteiger partial charge in [0, 0.05) is 30.0 Å². The number of halogens is 1. The highest BCUT2D eigenvalue weighted by Crippen LogP contribution is 2.36. The van der Waals surface area contributed by atoms with Crippen molar-refractivity contribution in [3.8, 4) is 17.0 Å². The van der Waals surface area contributed by atoms with Crippen LogP contribution >= 0.6 is 11.6 Å². The zero-order valence-corrected chi connectivity index (χ0v) is 15.2. The molecule has 0 aliphatic rings. The van der Waals surface area contributed by atoms with Gasteiger partial charge in [0.1, 0.15) is 22.5 Å². The summed E-state index contributed by atoms with van der Waals surface area (Å²) in [6, 6.07) is 5.21. The molecule has 0 radical (unpaired) electrons. The van der Waals surface area contributed by atoms with Gasteiger partial charge in [0.25, 0.3) is 5.91 Å². The number of hydrogen-bond acceptors (Lipinski definition) is 6. The van der Waals surface area contributed by atoms with Crippen LogP contribution in [-0.2, 0) is 7.05 Å². The van der Waals surface area contributed by atoms with E-state index >= 15 is 0 Å². The highest BCUT2D eigenvalue weighted by molar-refractivity contribution is 6.31. The maximum Gasteiger partial charge on any atom is 0.259 e. The van der Waals surface area contributed by atoms with Gasteiger partial charge in [0.2, 0.25) is 0 Å². The molecule has 0 saturated carbocycles. The van der Waals surface area contributed by atoms with Crippen molar-refractivity contribution >= 4 is 34.2 Å². The third kappa shape index (κ3) is 3.08. The quantitative estimate of drug-likeness (QED) is 0.560. The number of pyridine rings is 1.